The maximum Gasteiger partial charge on any atom is 0.251 e. The molecule has 0 aromatic heterocycles. The third-order valence-electron chi connectivity index (χ3n) is 3.59. The zero-order valence-corrected chi connectivity index (χ0v) is 11.6. The first-order valence-electron chi connectivity index (χ1n) is 7.01. The summed E-state index contributed by atoms with van der Waals surface area (Å²) in [6.45, 7) is 1.08. The third kappa shape index (κ3) is 3.05. The Morgan fingerprint density at radius 3 is 2.95 bits per heavy atom. The minimum absolute atomic E-state index is 0.138. The molecule has 3 rings (SSSR count). The molecule has 0 aliphatic carbocycles. The molecule has 0 spiro atoms. The van der Waals surface area contributed by atoms with Crippen molar-refractivity contribution in [2.24, 2.45) is 0 Å². The van der Waals surface area contributed by atoms with Crippen molar-refractivity contribution in [1.29, 1.82) is 0 Å². The molecule has 3 nitrogen and oxygen atoms in total. The van der Waals surface area contributed by atoms with Crippen LogP contribution in [0.4, 0.5) is 4.39 Å². The number of hydrogen-bond donors (Lipinski definition) is 1. The fraction of sp³-hybridized carbons (Fsp3) is 0.235. The molecule has 1 N–H and O–H groups in total. The summed E-state index contributed by atoms with van der Waals surface area (Å²) in [4.78, 5) is 12.1. The van der Waals surface area contributed by atoms with Crippen molar-refractivity contribution in [2.45, 2.75) is 12.8 Å². The quantitative estimate of drug-likeness (QED) is 0.938. The molecule has 0 unspecified atom stereocenters. The van der Waals surface area contributed by atoms with Gasteiger partial charge in [-0.1, -0.05) is 18.2 Å². The fourth-order valence-electron chi connectivity index (χ4n) is 2.44. The predicted molar refractivity (Wildman–Crippen MR) is 78.1 cm³/mol. The van der Waals surface area contributed by atoms with Crippen molar-refractivity contribution in [2.75, 3.05) is 13.2 Å². The Hall–Kier alpha value is -2.36. The molecule has 2 aromatic rings. The van der Waals surface area contributed by atoms with Crippen LogP contribution in [0.2, 0.25) is 0 Å². The average Bonchev–Trinajstić information content (AvgIpc) is 2.96. The van der Waals surface area contributed by atoms with Crippen LogP contribution >= 0.6 is 0 Å². The molecular formula is C17H16FNO2. The monoisotopic (exact) mass is 285 g/mol. The van der Waals surface area contributed by atoms with Crippen LogP contribution in [0.5, 0.6) is 5.75 Å². The fourth-order valence-corrected chi connectivity index (χ4v) is 2.44. The Balaban J connectivity index is 1.58. The lowest BCUT2D eigenvalue weighted by molar-refractivity contribution is 0.0954. The van der Waals surface area contributed by atoms with Crippen molar-refractivity contribution >= 4 is 5.91 Å². The Morgan fingerprint density at radius 1 is 1.24 bits per heavy atom. The van der Waals surface area contributed by atoms with Crippen LogP contribution in [-0.4, -0.2) is 19.1 Å². The Labute approximate surface area is 122 Å². The summed E-state index contributed by atoms with van der Waals surface area (Å²) in [5, 5.41) is 2.82. The molecule has 108 valence electrons. The second kappa shape index (κ2) is 5.95. The van der Waals surface area contributed by atoms with Crippen molar-refractivity contribution in [3.8, 4) is 5.75 Å². The van der Waals surface area contributed by atoms with Gasteiger partial charge < -0.3 is 10.1 Å². The first-order chi connectivity index (χ1) is 10.2. The zero-order valence-electron chi connectivity index (χ0n) is 11.6. The molecule has 0 saturated carbocycles. The first kappa shape index (κ1) is 13.6. The summed E-state index contributed by atoms with van der Waals surface area (Å²) >= 11 is 0. The molecule has 1 aliphatic heterocycles. The molecule has 4 heteroatoms. The first-order valence-corrected chi connectivity index (χ1v) is 7.01. The molecule has 0 atom stereocenters. The lowest BCUT2D eigenvalue weighted by Crippen LogP contribution is -2.25. The number of nitrogens with one attached hydrogen (secondary N) is 1. The molecule has 1 amide bonds. The van der Waals surface area contributed by atoms with Crippen molar-refractivity contribution < 1.29 is 13.9 Å². The second-order valence-corrected chi connectivity index (χ2v) is 5.02. The van der Waals surface area contributed by atoms with E-state index in [1.54, 1.807) is 24.3 Å². The van der Waals surface area contributed by atoms with Gasteiger partial charge in [-0.3, -0.25) is 4.79 Å². The minimum Gasteiger partial charge on any atom is -0.493 e. The summed E-state index contributed by atoms with van der Waals surface area (Å²) in [7, 11) is 0. The summed E-state index contributed by atoms with van der Waals surface area (Å²) in [6, 6.07) is 12.0. The average molecular weight is 285 g/mol. The maximum atomic E-state index is 13.5. The topological polar surface area (TPSA) is 38.3 Å². The lowest BCUT2D eigenvalue weighted by atomic mass is 10.1. The number of hydrogen-bond acceptors (Lipinski definition) is 2. The highest BCUT2D eigenvalue weighted by Gasteiger charge is 2.14. The van der Waals surface area contributed by atoms with Crippen LogP contribution in [0, 0.1) is 5.82 Å². The van der Waals surface area contributed by atoms with Gasteiger partial charge >= 0.3 is 0 Å². The molecule has 1 aliphatic rings. The maximum absolute atomic E-state index is 13.5. The molecular weight excluding hydrogens is 269 g/mol. The Morgan fingerprint density at radius 2 is 2.10 bits per heavy atom. The number of ether oxygens (including phenoxy) is 1. The molecule has 0 saturated heterocycles. The van der Waals surface area contributed by atoms with E-state index in [4.69, 9.17) is 4.74 Å². The van der Waals surface area contributed by atoms with Crippen LogP contribution in [0.1, 0.15) is 21.5 Å². The van der Waals surface area contributed by atoms with E-state index in [0.717, 1.165) is 17.7 Å². The van der Waals surface area contributed by atoms with E-state index in [0.29, 0.717) is 30.7 Å². The number of benzene rings is 2. The van der Waals surface area contributed by atoms with Gasteiger partial charge in [0.2, 0.25) is 0 Å². The lowest BCUT2D eigenvalue weighted by Gasteiger charge is -2.07. The molecule has 0 radical (unpaired) electrons. The molecule has 0 fully saturated rings. The SMILES string of the molecule is O=C(NCCc1ccccc1F)c1ccc2c(c1)CCO2. The van der Waals surface area contributed by atoms with E-state index in [9.17, 15) is 9.18 Å². The molecule has 0 bridgehead atoms. The second-order valence-electron chi connectivity index (χ2n) is 5.02. The summed E-state index contributed by atoms with van der Waals surface area (Å²) in [5.41, 5.74) is 2.30. The molecule has 1 heterocycles. The van der Waals surface area contributed by atoms with Gasteiger partial charge in [-0.15, -0.1) is 0 Å². The smallest absolute Gasteiger partial charge is 0.251 e. The Kier molecular flexibility index (Phi) is 3.86. The number of rotatable bonds is 4. The Bertz CT molecular complexity index is 670. The van der Waals surface area contributed by atoms with E-state index < -0.39 is 0 Å². The van der Waals surface area contributed by atoms with Gasteiger partial charge in [-0.25, -0.2) is 4.39 Å². The van der Waals surface area contributed by atoms with Crippen molar-refractivity contribution in [3.05, 3.63) is 65.0 Å². The molecule has 21 heavy (non-hydrogen) atoms. The van der Waals surface area contributed by atoms with Crippen LogP contribution in [0.15, 0.2) is 42.5 Å². The van der Waals surface area contributed by atoms with Crippen LogP contribution in [0.25, 0.3) is 0 Å². The predicted octanol–water partition coefficient (Wildman–Crippen LogP) is 2.73. The number of amides is 1. The van der Waals surface area contributed by atoms with E-state index in [1.165, 1.54) is 6.07 Å². The van der Waals surface area contributed by atoms with E-state index in [-0.39, 0.29) is 11.7 Å². The number of carbonyl (C=O) groups excluding carboxylic acids is 1. The summed E-state index contributed by atoms with van der Waals surface area (Å²) < 4.78 is 18.9. The number of fused-ring (bicyclic) bond motifs is 1. The summed E-state index contributed by atoms with van der Waals surface area (Å²) in [5.74, 6) is 0.486. The van der Waals surface area contributed by atoms with Crippen LogP contribution in [0.3, 0.4) is 0 Å². The standard InChI is InChI=1S/C17H16FNO2/c18-15-4-2-1-3-12(15)7-9-19-17(20)14-5-6-16-13(11-14)8-10-21-16/h1-6,11H,7-10H2,(H,19,20). The van der Waals surface area contributed by atoms with Gasteiger partial charge in [0.15, 0.2) is 0 Å². The van der Waals surface area contributed by atoms with Gasteiger partial charge in [-0.05, 0) is 41.8 Å². The molecule has 2 aromatic carbocycles. The summed E-state index contributed by atoms with van der Waals surface area (Å²) in [6.07, 6.45) is 1.32. The van der Waals surface area contributed by atoms with E-state index in [2.05, 4.69) is 5.32 Å². The van der Waals surface area contributed by atoms with Crippen molar-refractivity contribution in [3.63, 3.8) is 0 Å². The highest BCUT2D eigenvalue weighted by atomic mass is 19.1. The normalized spacial score (nSPS) is 12.6. The van der Waals surface area contributed by atoms with Crippen LogP contribution < -0.4 is 10.1 Å². The highest BCUT2D eigenvalue weighted by molar-refractivity contribution is 5.94. The third-order valence-corrected chi connectivity index (χ3v) is 3.59. The largest absolute Gasteiger partial charge is 0.493 e. The zero-order chi connectivity index (χ0) is 14.7. The van der Waals surface area contributed by atoms with Gasteiger partial charge in [0, 0.05) is 18.5 Å². The van der Waals surface area contributed by atoms with Gasteiger partial charge in [-0.2, -0.15) is 0 Å². The van der Waals surface area contributed by atoms with Gasteiger partial charge in [0.25, 0.3) is 5.91 Å². The van der Waals surface area contributed by atoms with Gasteiger partial charge in [0.05, 0.1) is 6.61 Å². The van der Waals surface area contributed by atoms with E-state index in [1.807, 2.05) is 12.1 Å². The minimum atomic E-state index is -0.235. The van der Waals surface area contributed by atoms with Gasteiger partial charge in [0.1, 0.15) is 11.6 Å². The number of carbonyl (C=O) groups is 1. The number of halogens is 1. The highest BCUT2D eigenvalue weighted by Crippen LogP contribution is 2.25. The van der Waals surface area contributed by atoms with Crippen LogP contribution in [-0.2, 0) is 12.8 Å². The van der Waals surface area contributed by atoms with Crippen molar-refractivity contribution in [1.82, 2.24) is 5.32 Å². The van der Waals surface area contributed by atoms with E-state index >= 15 is 0 Å².